The lowest BCUT2D eigenvalue weighted by Gasteiger charge is -2.28. The molecule has 2 aliphatic rings. The second-order valence-corrected chi connectivity index (χ2v) is 5.08. The molecule has 2 fully saturated rings. The van der Waals surface area contributed by atoms with E-state index in [9.17, 15) is 4.79 Å². The monoisotopic (exact) mass is 225 g/mol. The van der Waals surface area contributed by atoms with Crippen LogP contribution in [-0.2, 0) is 4.79 Å². The Morgan fingerprint density at radius 1 is 1.50 bits per heavy atom. The number of nitrogens with one attached hydrogen (secondary N) is 1. The van der Waals surface area contributed by atoms with Crippen molar-refractivity contribution in [2.45, 2.75) is 44.6 Å². The fourth-order valence-corrected chi connectivity index (χ4v) is 2.54. The van der Waals surface area contributed by atoms with Gasteiger partial charge in [-0.25, -0.2) is 0 Å². The summed E-state index contributed by atoms with van der Waals surface area (Å²) in [5.41, 5.74) is 5.11. The number of oxime groups is 1. The Kier molecular flexibility index (Phi) is 2.78. The van der Waals surface area contributed by atoms with Gasteiger partial charge >= 0.3 is 0 Å². The average Bonchev–Trinajstić information content (AvgIpc) is 2.82. The molecule has 90 valence electrons. The molecule has 2 saturated carbocycles. The molecule has 0 heterocycles. The lowest BCUT2D eigenvalue weighted by molar-refractivity contribution is -0.123. The lowest BCUT2D eigenvalue weighted by atomic mass is 9.95. The molecule has 0 aliphatic heterocycles. The van der Waals surface area contributed by atoms with Gasteiger partial charge in [0, 0.05) is 5.92 Å². The molecule has 2 unspecified atom stereocenters. The van der Waals surface area contributed by atoms with Crippen LogP contribution in [0.2, 0.25) is 0 Å². The topological polar surface area (TPSA) is 87.7 Å². The van der Waals surface area contributed by atoms with E-state index in [0.29, 0.717) is 5.92 Å². The molecular formula is C11H19N3O2. The standard InChI is InChI=1S/C11H19N3O2/c1-7-6-8(7)9(15)13-11(10(12)14-16)4-2-3-5-11/h7-8,16H,2-6H2,1H3,(H2,12,14)(H,13,15). The van der Waals surface area contributed by atoms with Crippen molar-refractivity contribution in [1.82, 2.24) is 5.32 Å². The molecule has 5 nitrogen and oxygen atoms in total. The molecule has 0 bridgehead atoms. The largest absolute Gasteiger partial charge is 0.409 e. The first-order valence-electron chi connectivity index (χ1n) is 5.89. The van der Waals surface area contributed by atoms with Crippen LogP contribution in [0.15, 0.2) is 5.16 Å². The zero-order valence-corrected chi connectivity index (χ0v) is 9.57. The number of amidine groups is 1. The maximum Gasteiger partial charge on any atom is 0.224 e. The summed E-state index contributed by atoms with van der Waals surface area (Å²) >= 11 is 0. The number of amides is 1. The maximum atomic E-state index is 11.9. The quantitative estimate of drug-likeness (QED) is 0.287. The first-order chi connectivity index (χ1) is 7.59. The van der Waals surface area contributed by atoms with E-state index in [2.05, 4.69) is 17.4 Å². The molecule has 0 spiro atoms. The summed E-state index contributed by atoms with van der Waals surface area (Å²) in [7, 11) is 0. The minimum absolute atomic E-state index is 0.0565. The van der Waals surface area contributed by atoms with E-state index >= 15 is 0 Å². The second kappa shape index (κ2) is 3.96. The maximum absolute atomic E-state index is 11.9. The van der Waals surface area contributed by atoms with Crippen LogP contribution in [0.25, 0.3) is 0 Å². The predicted octanol–water partition coefficient (Wildman–Crippen LogP) is 0.818. The first-order valence-corrected chi connectivity index (χ1v) is 5.89. The molecule has 0 radical (unpaired) electrons. The second-order valence-electron chi connectivity index (χ2n) is 5.08. The highest BCUT2D eigenvalue weighted by Crippen LogP contribution is 2.39. The third kappa shape index (κ3) is 1.86. The van der Waals surface area contributed by atoms with Crippen LogP contribution in [0.3, 0.4) is 0 Å². The van der Waals surface area contributed by atoms with Crippen molar-refractivity contribution < 1.29 is 10.0 Å². The van der Waals surface area contributed by atoms with Crippen LogP contribution < -0.4 is 11.1 Å². The highest BCUT2D eigenvalue weighted by Gasteiger charge is 2.45. The van der Waals surface area contributed by atoms with E-state index in [0.717, 1.165) is 32.1 Å². The van der Waals surface area contributed by atoms with Gasteiger partial charge in [-0.05, 0) is 25.2 Å². The van der Waals surface area contributed by atoms with Gasteiger partial charge in [-0.1, -0.05) is 24.9 Å². The molecule has 0 saturated heterocycles. The fourth-order valence-electron chi connectivity index (χ4n) is 2.54. The molecule has 2 rings (SSSR count). The zero-order chi connectivity index (χ0) is 11.8. The number of nitrogens with two attached hydrogens (primary N) is 1. The number of carbonyl (C=O) groups excluding carboxylic acids is 1. The van der Waals surface area contributed by atoms with E-state index in [1.54, 1.807) is 0 Å². The predicted molar refractivity (Wildman–Crippen MR) is 60.0 cm³/mol. The third-order valence-corrected chi connectivity index (χ3v) is 3.86. The van der Waals surface area contributed by atoms with Gasteiger partial charge in [-0.15, -0.1) is 0 Å². The van der Waals surface area contributed by atoms with Crippen LogP contribution >= 0.6 is 0 Å². The molecule has 16 heavy (non-hydrogen) atoms. The highest BCUT2D eigenvalue weighted by molar-refractivity contribution is 5.95. The Labute approximate surface area is 95.1 Å². The summed E-state index contributed by atoms with van der Waals surface area (Å²) in [6, 6.07) is 0. The summed E-state index contributed by atoms with van der Waals surface area (Å²) in [6.07, 6.45) is 4.52. The number of hydrogen-bond donors (Lipinski definition) is 3. The van der Waals surface area contributed by atoms with Crippen LogP contribution in [0.5, 0.6) is 0 Å². The number of hydrogen-bond acceptors (Lipinski definition) is 3. The van der Waals surface area contributed by atoms with Crippen LogP contribution in [-0.4, -0.2) is 22.5 Å². The van der Waals surface area contributed by atoms with Gasteiger partial charge in [0.2, 0.25) is 5.91 Å². The summed E-state index contributed by atoms with van der Waals surface area (Å²) in [5, 5.41) is 14.8. The van der Waals surface area contributed by atoms with Crippen LogP contribution in [0, 0.1) is 11.8 Å². The molecule has 1 amide bonds. The third-order valence-electron chi connectivity index (χ3n) is 3.86. The molecule has 2 atom stereocenters. The Hall–Kier alpha value is -1.26. The Balaban J connectivity index is 2.06. The van der Waals surface area contributed by atoms with E-state index in [1.807, 2.05) is 0 Å². The summed E-state index contributed by atoms with van der Waals surface area (Å²) in [4.78, 5) is 11.9. The zero-order valence-electron chi connectivity index (χ0n) is 9.57. The normalized spacial score (nSPS) is 32.4. The number of rotatable bonds is 3. The van der Waals surface area contributed by atoms with Crippen molar-refractivity contribution in [2.24, 2.45) is 22.7 Å². The van der Waals surface area contributed by atoms with Gasteiger partial charge in [0.05, 0.1) is 0 Å². The Morgan fingerprint density at radius 3 is 2.50 bits per heavy atom. The summed E-state index contributed by atoms with van der Waals surface area (Å²) in [5.74, 6) is 0.808. The van der Waals surface area contributed by atoms with Gasteiger partial charge in [0.15, 0.2) is 5.84 Å². The lowest BCUT2D eigenvalue weighted by Crippen LogP contribution is -2.56. The molecule has 2 aliphatic carbocycles. The highest BCUT2D eigenvalue weighted by atomic mass is 16.4. The van der Waals surface area contributed by atoms with Gasteiger partial charge in [0.25, 0.3) is 0 Å². The number of nitrogens with zero attached hydrogens (tertiary/aromatic N) is 1. The van der Waals surface area contributed by atoms with Crippen molar-refractivity contribution in [3.63, 3.8) is 0 Å². The van der Waals surface area contributed by atoms with E-state index in [1.165, 1.54) is 0 Å². The Morgan fingerprint density at radius 2 is 2.06 bits per heavy atom. The van der Waals surface area contributed by atoms with Gasteiger partial charge in [0.1, 0.15) is 5.54 Å². The molecule has 0 aromatic heterocycles. The van der Waals surface area contributed by atoms with E-state index < -0.39 is 5.54 Å². The van der Waals surface area contributed by atoms with Crippen molar-refractivity contribution in [2.75, 3.05) is 0 Å². The molecule has 0 aromatic carbocycles. The van der Waals surface area contributed by atoms with E-state index in [-0.39, 0.29) is 17.7 Å². The van der Waals surface area contributed by atoms with Gasteiger partial charge < -0.3 is 16.3 Å². The van der Waals surface area contributed by atoms with Crippen LogP contribution in [0.4, 0.5) is 0 Å². The summed E-state index contributed by atoms with van der Waals surface area (Å²) < 4.78 is 0. The smallest absolute Gasteiger partial charge is 0.224 e. The van der Waals surface area contributed by atoms with Crippen molar-refractivity contribution in [1.29, 1.82) is 0 Å². The molecule has 5 heteroatoms. The average molecular weight is 225 g/mol. The summed E-state index contributed by atoms with van der Waals surface area (Å²) in [6.45, 7) is 2.06. The molecular weight excluding hydrogens is 206 g/mol. The Bertz CT molecular complexity index is 321. The minimum Gasteiger partial charge on any atom is -0.409 e. The van der Waals surface area contributed by atoms with Crippen LogP contribution in [0.1, 0.15) is 39.0 Å². The first kappa shape index (κ1) is 11.2. The fraction of sp³-hybridized carbons (Fsp3) is 0.818. The van der Waals surface area contributed by atoms with Gasteiger partial charge in [-0.2, -0.15) is 0 Å². The molecule has 4 N–H and O–H groups in total. The van der Waals surface area contributed by atoms with E-state index in [4.69, 9.17) is 10.9 Å². The minimum atomic E-state index is -0.589. The van der Waals surface area contributed by atoms with Crippen molar-refractivity contribution in [3.8, 4) is 0 Å². The molecule has 0 aromatic rings. The number of carbonyl (C=O) groups is 1. The van der Waals surface area contributed by atoms with Gasteiger partial charge in [-0.3, -0.25) is 4.79 Å². The van der Waals surface area contributed by atoms with Crippen molar-refractivity contribution in [3.05, 3.63) is 0 Å². The SMILES string of the molecule is CC1CC1C(=O)NC1(/C(N)=N/O)CCCC1. The van der Waals surface area contributed by atoms with Crippen molar-refractivity contribution >= 4 is 11.7 Å².